The molecule has 0 aliphatic carbocycles. The van der Waals surface area contributed by atoms with Crippen LogP contribution in [0.4, 0.5) is 0 Å². The minimum atomic E-state index is -1.07. The van der Waals surface area contributed by atoms with E-state index in [1.807, 2.05) is 18.2 Å². The third-order valence-corrected chi connectivity index (χ3v) is 4.00. The summed E-state index contributed by atoms with van der Waals surface area (Å²) in [4.78, 5) is 23.9. The minimum absolute atomic E-state index is 0.225. The van der Waals surface area contributed by atoms with Gasteiger partial charge in [0.05, 0.1) is 11.6 Å². The molecule has 2 rings (SSSR count). The summed E-state index contributed by atoms with van der Waals surface area (Å²) in [5.41, 5.74) is 1.05. The number of rotatable bonds is 8. The summed E-state index contributed by atoms with van der Waals surface area (Å²) < 4.78 is 1.74. The van der Waals surface area contributed by atoms with Crippen molar-refractivity contribution in [3.05, 3.63) is 30.0 Å². The number of nitrogens with one attached hydrogen (secondary N) is 1. The second kappa shape index (κ2) is 8.29. The third kappa shape index (κ3) is 4.35. The number of hydrogen-bond donors (Lipinski definition) is 2. The Labute approximate surface area is 146 Å². The Hall–Kier alpha value is -2.88. The van der Waals surface area contributed by atoms with E-state index >= 15 is 0 Å². The molecule has 1 heterocycles. The van der Waals surface area contributed by atoms with Crippen LogP contribution in [0.15, 0.2) is 24.3 Å². The largest absolute Gasteiger partial charge is 0.480 e. The quantitative estimate of drug-likeness (QED) is 0.717. The van der Waals surface area contributed by atoms with Gasteiger partial charge in [0, 0.05) is 18.4 Å². The second-order valence-corrected chi connectivity index (χ2v) is 6.24. The zero-order chi connectivity index (χ0) is 18.4. The predicted molar refractivity (Wildman–Crippen MR) is 92.9 cm³/mol. The van der Waals surface area contributed by atoms with Crippen LogP contribution >= 0.6 is 0 Å². The van der Waals surface area contributed by atoms with Crippen molar-refractivity contribution in [3.63, 3.8) is 0 Å². The number of hydrogen-bond acceptors (Lipinski definition) is 4. The summed E-state index contributed by atoms with van der Waals surface area (Å²) in [5.74, 6) is -1.79. The molecule has 1 amide bonds. The van der Waals surface area contributed by atoms with E-state index in [-0.39, 0.29) is 11.6 Å². The zero-order valence-electron chi connectivity index (χ0n) is 14.4. The Morgan fingerprint density at radius 3 is 2.68 bits per heavy atom. The molecule has 0 unspecified atom stereocenters. The molecule has 0 fully saturated rings. The first-order valence-corrected chi connectivity index (χ1v) is 8.32. The van der Waals surface area contributed by atoms with Crippen LogP contribution in [0.2, 0.25) is 0 Å². The lowest BCUT2D eigenvalue weighted by Gasteiger charge is -2.17. The van der Waals surface area contributed by atoms with E-state index in [1.165, 1.54) is 0 Å². The summed E-state index contributed by atoms with van der Waals surface area (Å²) in [6, 6.07) is 8.50. The Balaban J connectivity index is 2.27. The molecule has 25 heavy (non-hydrogen) atoms. The molecule has 2 aromatic rings. The number of carboxylic acid groups (broad SMARTS) is 1. The monoisotopic (exact) mass is 342 g/mol. The number of carbonyl (C=O) groups is 2. The minimum Gasteiger partial charge on any atom is -0.480 e. The molecule has 1 aromatic heterocycles. The van der Waals surface area contributed by atoms with E-state index in [0.29, 0.717) is 18.4 Å². The highest BCUT2D eigenvalue weighted by Gasteiger charge is 2.26. The van der Waals surface area contributed by atoms with Crippen LogP contribution in [0.1, 0.15) is 43.6 Å². The number of amides is 1. The summed E-state index contributed by atoms with van der Waals surface area (Å²) in [5, 5.41) is 25.5. The Morgan fingerprint density at radius 2 is 2.04 bits per heavy atom. The number of benzene rings is 1. The van der Waals surface area contributed by atoms with E-state index in [4.69, 9.17) is 5.26 Å². The fourth-order valence-electron chi connectivity index (χ4n) is 2.65. The SMILES string of the molecule is CC(C)[C@H](NC(=O)c1nn(CCCCC#N)c2ccccc12)C(=O)O. The van der Waals surface area contributed by atoms with Crippen LogP contribution in [-0.4, -0.2) is 32.8 Å². The van der Waals surface area contributed by atoms with Gasteiger partial charge in [-0.1, -0.05) is 32.0 Å². The number of para-hydroxylation sites is 1. The van der Waals surface area contributed by atoms with Gasteiger partial charge in [-0.3, -0.25) is 9.48 Å². The number of unbranched alkanes of at least 4 members (excludes halogenated alkanes) is 2. The third-order valence-electron chi connectivity index (χ3n) is 4.00. The molecule has 7 nitrogen and oxygen atoms in total. The highest BCUT2D eigenvalue weighted by molar-refractivity contribution is 6.05. The standard InChI is InChI=1S/C18H22N4O3/c1-12(2)15(18(24)25)20-17(23)16-13-8-4-5-9-14(13)22(21-16)11-7-3-6-10-19/h4-5,8-9,12,15H,3,6-7,11H2,1-2H3,(H,20,23)(H,24,25)/t15-/m0/s1. The van der Waals surface area contributed by atoms with Gasteiger partial charge in [-0.25, -0.2) is 4.79 Å². The molecule has 1 aromatic carbocycles. The molecule has 0 bridgehead atoms. The van der Waals surface area contributed by atoms with E-state index in [0.717, 1.165) is 18.4 Å². The maximum atomic E-state index is 12.6. The number of carboxylic acids is 1. The lowest BCUT2D eigenvalue weighted by molar-refractivity contribution is -0.140. The van der Waals surface area contributed by atoms with Crippen molar-refractivity contribution in [1.82, 2.24) is 15.1 Å². The van der Waals surface area contributed by atoms with Gasteiger partial charge in [0.25, 0.3) is 5.91 Å². The normalized spacial score (nSPS) is 12.1. The first-order chi connectivity index (χ1) is 12.0. The van der Waals surface area contributed by atoms with Gasteiger partial charge in [0.15, 0.2) is 5.69 Å². The van der Waals surface area contributed by atoms with Crippen molar-refractivity contribution in [2.24, 2.45) is 5.92 Å². The molecule has 132 valence electrons. The Morgan fingerprint density at radius 1 is 1.32 bits per heavy atom. The van der Waals surface area contributed by atoms with E-state index < -0.39 is 17.9 Å². The van der Waals surface area contributed by atoms with Crippen molar-refractivity contribution in [1.29, 1.82) is 5.26 Å². The molecule has 0 spiro atoms. The van der Waals surface area contributed by atoms with Gasteiger partial charge in [-0.05, 0) is 24.8 Å². The van der Waals surface area contributed by atoms with Crippen molar-refractivity contribution < 1.29 is 14.7 Å². The smallest absolute Gasteiger partial charge is 0.326 e. The molecule has 0 saturated heterocycles. The van der Waals surface area contributed by atoms with Gasteiger partial charge in [-0.2, -0.15) is 10.4 Å². The van der Waals surface area contributed by atoms with Crippen molar-refractivity contribution in [2.45, 2.75) is 45.7 Å². The molecule has 2 N–H and O–H groups in total. The van der Waals surface area contributed by atoms with Crippen LogP contribution in [0.3, 0.4) is 0 Å². The van der Waals surface area contributed by atoms with Crippen molar-refractivity contribution >= 4 is 22.8 Å². The van der Waals surface area contributed by atoms with Crippen LogP contribution in [0.25, 0.3) is 10.9 Å². The van der Waals surface area contributed by atoms with E-state index in [2.05, 4.69) is 16.5 Å². The first kappa shape index (κ1) is 18.5. The van der Waals surface area contributed by atoms with Crippen LogP contribution in [-0.2, 0) is 11.3 Å². The van der Waals surface area contributed by atoms with Gasteiger partial charge < -0.3 is 10.4 Å². The highest BCUT2D eigenvalue weighted by atomic mass is 16.4. The first-order valence-electron chi connectivity index (χ1n) is 8.32. The number of aromatic nitrogens is 2. The number of aryl methyl sites for hydroxylation is 1. The summed E-state index contributed by atoms with van der Waals surface area (Å²) in [6.45, 7) is 4.08. The number of fused-ring (bicyclic) bond motifs is 1. The van der Waals surface area contributed by atoms with Crippen molar-refractivity contribution in [2.75, 3.05) is 0 Å². The van der Waals surface area contributed by atoms with Gasteiger partial charge in [-0.15, -0.1) is 0 Å². The zero-order valence-corrected chi connectivity index (χ0v) is 14.4. The average Bonchev–Trinajstić information content (AvgIpc) is 2.95. The second-order valence-electron chi connectivity index (χ2n) is 6.24. The average molecular weight is 342 g/mol. The number of nitriles is 1. The summed E-state index contributed by atoms with van der Waals surface area (Å²) in [6.07, 6.45) is 2.03. The van der Waals surface area contributed by atoms with Crippen LogP contribution < -0.4 is 5.32 Å². The predicted octanol–water partition coefficient (Wildman–Crippen LogP) is 2.57. The molecular weight excluding hydrogens is 320 g/mol. The molecule has 7 heteroatoms. The Kier molecular flexibility index (Phi) is 6.12. The summed E-state index contributed by atoms with van der Waals surface area (Å²) >= 11 is 0. The molecule has 0 aliphatic rings. The van der Waals surface area contributed by atoms with Gasteiger partial charge in [0.1, 0.15) is 6.04 Å². The van der Waals surface area contributed by atoms with Crippen LogP contribution in [0.5, 0.6) is 0 Å². The number of nitrogens with zero attached hydrogens (tertiary/aromatic N) is 3. The van der Waals surface area contributed by atoms with Gasteiger partial charge >= 0.3 is 5.97 Å². The van der Waals surface area contributed by atoms with Gasteiger partial charge in [0.2, 0.25) is 0 Å². The van der Waals surface area contributed by atoms with Crippen LogP contribution in [0, 0.1) is 17.2 Å². The topological polar surface area (TPSA) is 108 Å². The fourth-order valence-corrected chi connectivity index (χ4v) is 2.65. The maximum Gasteiger partial charge on any atom is 0.326 e. The highest BCUT2D eigenvalue weighted by Crippen LogP contribution is 2.19. The summed E-state index contributed by atoms with van der Waals surface area (Å²) in [7, 11) is 0. The lowest BCUT2D eigenvalue weighted by Crippen LogP contribution is -2.44. The maximum absolute atomic E-state index is 12.6. The lowest BCUT2D eigenvalue weighted by atomic mass is 10.0. The molecule has 1 atom stereocenters. The molecule has 0 saturated carbocycles. The van der Waals surface area contributed by atoms with Crippen molar-refractivity contribution in [3.8, 4) is 6.07 Å². The number of aliphatic carboxylic acids is 1. The molecule has 0 aliphatic heterocycles. The fraction of sp³-hybridized carbons (Fsp3) is 0.444. The van der Waals surface area contributed by atoms with E-state index in [1.54, 1.807) is 24.6 Å². The van der Waals surface area contributed by atoms with E-state index in [9.17, 15) is 14.7 Å². The molecular formula is C18H22N4O3. The number of carbonyl (C=O) groups excluding carboxylic acids is 1. The Bertz CT molecular complexity index is 804. The molecule has 0 radical (unpaired) electrons.